The van der Waals surface area contributed by atoms with Gasteiger partial charge in [-0.05, 0) is 25.8 Å². The van der Waals surface area contributed by atoms with Gasteiger partial charge < -0.3 is 10.2 Å². The van der Waals surface area contributed by atoms with E-state index in [4.69, 9.17) is 0 Å². The van der Waals surface area contributed by atoms with E-state index in [9.17, 15) is 4.79 Å². The Bertz CT molecular complexity index is 289. The van der Waals surface area contributed by atoms with Crippen LogP contribution in [0.4, 0.5) is 0 Å². The number of rotatable bonds is 0. The Kier molecular flexibility index (Phi) is 2.88. The van der Waals surface area contributed by atoms with Gasteiger partial charge in [-0.25, -0.2) is 0 Å². The van der Waals surface area contributed by atoms with Crippen LogP contribution in [0.5, 0.6) is 0 Å². The van der Waals surface area contributed by atoms with Crippen LogP contribution in [-0.4, -0.2) is 40.6 Å². The van der Waals surface area contributed by atoms with Crippen molar-refractivity contribution in [3.05, 3.63) is 0 Å². The standard InChI is InChI=1S/C12H20N2OS/c15-10-9-16-11-12(5-2-1-3-6-12)13-7-4-8-14(10)11/h11,13H,1-9H2. The van der Waals surface area contributed by atoms with Crippen LogP contribution in [0, 0.1) is 0 Å². The van der Waals surface area contributed by atoms with Crippen molar-refractivity contribution in [2.24, 2.45) is 0 Å². The van der Waals surface area contributed by atoms with Crippen LogP contribution in [0.3, 0.4) is 0 Å². The van der Waals surface area contributed by atoms with E-state index in [-0.39, 0.29) is 5.54 Å². The van der Waals surface area contributed by atoms with E-state index in [1.54, 1.807) is 0 Å². The van der Waals surface area contributed by atoms with E-state index in [0.29, 0.717) is 17.0 Å². The van der Waals surface area contributed by atoms with Crippen LogP contribution < -0.4 is 5.32 Å². The van der Waals surface area contributed by atoms with Gasteiger partial charge in [0.25, 0.3) is 0 Å². The zero-order valence-electron chi connectivity index (χ0n) is 9.71. The van der Waals surface area contributed by atoms with Crippen LogP contribution in [0.1, 0.15) is 38.5 Å². The summed E-state index contributed by atoms with van der Waals surface area (Å²) >= 11 is 1.87. The fraction of sp³-hybridized carbons (Fsp3) is 0.917. The minimum Gasteiger partial charge on any atom is -0.328 e. The number of carbonyl (C=O) groups is 1. The average molecular weight is 240 g/mol. The molecule has 1 unspecified atom stereocenters. The van der Waals surface area contributed by atoms with Crippen molar-refractivity contribution in [1.82, 2.24) is 10.2 Å². The molecule has 90 valence electrons. The van der Waals surface area contributed by atoms with Crippen LogP contribution in [-0.2, 0) is 4.79 Å². The largest absolute Gasteiger partial charge is 0.328 e. The second kappa shape index (κ2) is 4.22. The molecule has 1 atom stereocenters. The molecule has 0 aromatic heterocycles. The van der Waals surface area contributed by atoms with E-state index in [0.717, 1.165) is 19.5 Å². The van der Waals surface area contributed by atoms with Crippen molar-refractivity contribution in [3.8, 4) is 0 Å². The fourth-order valence-corrected chi connectivity index (χ4v) is 4.94. The van der Waals surface area contributed by atoms with Gasteiger partial charge in [-0.2, -0.15) is 0 Å². The molecule has 1 N–H and O–H groups in total. The van der Waals surface area contributed by atoms with Crippen LogP contribution in [0.2, 0.25) is 0 Å². The van der Waals surface area contributed by atoms with Crippen LogP contribution in [0.25, 0.3) is 0 Å². The van der Waals surface area contributed by atoms with Crippen molar-refractivity contribution >= 4 is 17.7 Å². The van der Waals surface area contributed by atoms with E-state index in [2.05, 4.69) is 10.2 Å². The van der Waals surface area contributed by atoms with Gasteiger partial charge in [0.15, 0.2) is 0 Å². The Hall–Kier alpha value is -0.220. The molecule has 0 bridgehead atoms. The average Bonchev–Trinajstić information content (AvgIpc) is 2.59. The van der Waals surface area contributed by atoms with E-state index in [1.165, 1.54) is 32.1 Å². The number of thioether (sulfide) groups is 1. The molecule has 3 rings (SSSR count). The summed E-state index contributed by atoms with van der Waals surface area (Å²) in [5, 5.41) is 4.19. The van der Waals surface area contributed by atoms with Crippen molar-refractivity contribution in [2.75, 3.05) is 18.8 Å². The van der Waals surface area contributed by atoms with Gasteiger partial charge in [-0.15, -0.1) is 11.8 Å². The molecule has 2 aliphatic heterocycles. The molecular weight excluding hydrogens is 220 g/mol. The number of amides is 1. The first-order valence-electron chi connectivity index (χ1n) is 6.48. The number of fused-ring (bicyclic) bond motifs is 2. The smallest absolute Gasteiger partial charge is 0.233 e. The second-order valence-electron chi connectivity index (χ2n) is 5.25. The maximum atomic E-state index is 11.9. The predicted octanol–water partition coefficient (Wildman–Crippen LogP) is 1.58. The lowest BCUT2D eigenvalue weighted by atomic mass is 9.81. The quantitative estimate of drug-likeness (QED) is 0.698. The highest BCUT2D eigenvalue weighted by Crippen LogP contribution is 2.42. The summed E-state index contributed by atoms with van der Waals surface area (Å²) in [6.45, 7) is 2.05. The maximum Gasteiger partial charge on any atom is 0.233 e. The third kappa shape index (κ3) is 1.66. The molecule has 1 saturated carbocycles. The molecular formula is C12H20N2OS. The Balaban J connectivity index is 1.87. The van der Waals surface area contributed by atoms with E-state index < -0.39 is 0 Å². The highest BCUT2D eigenvalue weighted by Gasteiger charge is 2.48. The Morgan fingerprint density at radius 3 is 2.88 bits per heavy atom. The molecule has 2 saturated heterocycles. The molecule has 3 fully saturated rings. The molecule has 4 heteroatoms. The van der Waals surface area contributed by atoms with Gasteiger partial charge >= 0.3 is 0 Å². The van der Waals surface area contributed by atoms with Gasteiger partial charge in [0, 0.05) is 12.1 Å². The van der Waals surface area contributed by atoms with Gasteiger partial charge in [-0.1, -0.05) is 19.3 Å². The SMILES string of the molecule is O=C1CSC2N1CCCNC21CCCCC1. The highest BCUT2D eigenvalue weighted by atomic mass is 32.2. The zero-order valence-corrected chi connectivity index (χ0v) is 10.5. The number of hydrogen-bond donors (Lipinski definition) is 1. The van der Waals surface area contributed by atoms with Gasteiger partial charge in [-0.3, -0.25) is 4.79 Å². The monoisotopic (exact) mass is 240 g/mol. The minimum atomic E-state index is 0.242. The molecule has 3 nitrogen and oxygen atoms in total. The first-order valence-corrected chi connectivity index (χ1v) is 7.53. The first-order chi connectivity index (χ1) is 7.82. The minimum absolute atomic E-state index is 0.242. The number of hydrogen-bond acceptors (Lipinski definition) is 3. The summed E-state index contributed by atoms with van der Waals surface area (Å²) in [4.78, 5) is 14.0. The number of nitrogens with zero attached hydrogens (tertiary/aromatic N) is 1. The molecule has 1 aliphatic carbocycles. The summed E-state index contributed by atoms with van der Waals surface area (Å²) in [5.74, 6) is 1.07. The third-order valence-corrected chi connectivity index (χ3v) is 5.67. The van der Waals surface area contributed by atoms with Gasteiger partial charge in [0.05, 0.1) is 11.1 Å². The molecule has 2 heterocycles. The normalized spacial score (nSPS) is 33.9. The van der Waals surface area contributed by atoms with E-state index >= 15 is 0 Å². The zero-order chi connectivity index (χ0) is 11.0. The van der Waals surface area contributed by atoms with Gasteiger partial charge in [0.1, 0.15) is 0 Å². The predicted molar refractivity (Wildman–Crippen MR) is 66.4 cm³/mol. The number of carbonyl (C=O) groups excluding carboxylic acids is 1. The molecule has 1 amide bonds. The lowest BCUT2D eigenvalue weighted by Gasteiger charge is -2.43. The number of nitrogens with one attached hydrogen (secondary N) is 1. The molecule has 3 aliphatic rings. The van der Waals surface area contributed by atoms with Crippen LogP contribution in [0.15, 0.2) is 0 Å². The molecule has 0 radical (unpaired) electrons. The molecule has 1 spiro atoms. The molecule has 0 aromatic rings. The summed E-state index contributed by atoms with van der Waals surface area (Å²) in [6, 6.07) is 0. The summed E-state index contributed by atoms with van der Waals surface area (Å²) < 4.78 is 0. The third-order valence-electron chi connectivity index (χ3n) is 4.24. The Morgan fingerprint density at radius 1 is 1.25 bits per heavy atom. The highest BCUT2D eigenvalue weighted by molar-refractivity contribution is 8.01. The summed E-state index contributed by atoms with van der Waals surface area (Å²) in [5.41, 5.74) is 0.242. The van der Waals surface area contributed by atoms with Crippen molar-refractivity contribution in [2.45, 2.75) is 49.4 Å². The summed E-state index contributed by atoms with van der Waals surface area (Å²) in [6.07, 6.45) is 7.65. The van der Waals surface area contributed by atoms with Crippen molar-refractivity contribution < 1.29 is 4.79 Å². The second-order valence-corrected chi connectivity index (χ2v) is 6.32. The fourth-order valence-electron chi connectivity index (χ4n) is 3.43. The maximum absolute atomic E-state index is 11.9. The Morgan fingerprint density at radius 2 is 2.06 bits per heavy atom. The van der Waals surface area contributed by atoms with Gasteiger partial charge in [0.2, 0.25) is 5.91 Å². The lowest BCUT2D eigenvalue weighted by Crippen LogP contribution is -2.57. The molecule has 0 aromatic carbocycles. The first kappa shape index (κ1) is 10.9. The topological polar surface area (TPSA) is 32.3 Å². The van der Waals surface area contributed by atoms with E-state index in [1.807, 2.05) is 11.8 Å². The van der Waals surface area contributed by atoms with Crippen molar-refractivity contribution in [1.29, 1.82) is 0 Å². The van der Waals surface area contributed by atoms with Crippen LogP contribution >= 0.6 is 11.8 Å². The van der Waals surface area contributed by atoms with Crippen molar-refractivity contribution in [3.63, 3.8) is 0 Å². The summed E-state index contributed by atoms with van der Waals surface area (Å²) in [7, 11) is 0. The Labute approximate surface area is 101 Å². The lowest BCUT2D eigenvalue weighted by molar-refractivity contribution is -0.128. The molecule has 16 heavy (non-hydrogen) atoms.